The van der Waals surface area contributed by atoms with Crippen LogP contribution in [0.2, 0.25) is 0 Å². The van der Waals surface area contributed by atoms with Crippen LogP contribution in [-0.2, 0) is 6.54 Å². The number of hydrogen-bond acceptors (Lipinski definition) is 4. The Bertz CT molecular complexity index is 605. The molecule has 18 heavy (non-hydrogen) atoms. The molecule has 0 aliphatic carbocycles. The average Bonchev–Trinajstić information content (AvgIpc) is 2.40. The van der Waals surface area contributed by atoms with Crippen LogP contribution in [0.15, 0.2) is 40.2 Å². The SMILES string of the molecule is COc1ccc(Cn2ncc(S)c(C)c2=O)cc1. The summed E-state index contributed by atoms with van der Waals surface area (Å²) in [4.78, 5) is 12.6. The summed E-state index contributed by atoms with van der Waals surface area (Å²) in [5, 5.41) is 4.07. The van der Waals surface area contributed by atoms with E-state index in [0.29, 0.717) is 17.0 Å². The van der Waals surface area contributed by atoms with E-state index in [0.717, 1.165) is 11.3 Å². The summed E-state index contributed by atoms with van der Waals surface area (Å²) in [6, 6.07) is 7.55. The number of thiol groups is 1. The van der Waals surface area contributed by atoms with E-state index in [1.165, 1.54) is 4.68 Å². The van der Waals surface area contributed by atoms with Gasteiger partial charge in [0.25, 0.3) is 5.56 Å². The largest absolute Gasteiger partial charge is 0.497 e. The van der Waals surface area contributed by atoms with Crippen molar-refractivity contribution in [3.05, 3.63) is 51.9 Å². The van der Waals surface area contributed by atoms with Crippen molar-refractivity contribution in [3.63, 3.8) is 0 Å². The van der Waals surface area contributed by atoms with Crippen LogP contribution in [0.25, 0.3) is 0 Å². The van der Waals surface area contributed by atoms with E-state index in [2.05, 4.69) is 17.7 Å². The van der Waals surface area contributed by atoms with Crippen LogP contribution < -0.4 is 10.3 Å². The Morgan fingerprint density at radius 1 is 1.33 bits per heavy atom. The van der Waals surface area contributed by atoms with Crippen molar-refractivity contribution in [1.82, 2.24) is 9.78 Å². The van der Waals surface area contributed by atoms with Gasteiger partial charge in [0.1, 0.15) is 5.75 Å². The molecule has 0 saturated carbocycles. The molecule has 5 heteroatoms. The zero-order chi connectivity index (χ0) is 13.1. The van der Waals surface area contributed by atoms with Crippen LogP contribution >= 0.6 is 12.6 Å². The van der Waals surface area contributed by atoms with Crippen molar-refractivity contribution < 1.29 is 4.74 Å². The summed E-state index contributed by atoms with van der Waals surface area (Å²) in [6.07, 6.45) is 1.59. The number of aromatic nitrogens is 2. The summed E-state index contributed by atoms with van der Waals surface area (Å²) in [7, 11) is 1.62. The van der Waals surface area contributed by atoms with E-state index in [9.17, 15) is 4.79 Å². The lowest BCUT2D eigenvalue weighted by Gasteiger charge is -2.07. The predicted octanol–water partition coefficient (Wildman–Crippen LogP) is 1.90. The maximum atomic E-state index is 11.9. The fourth-order valence-electron chi connectivity index (χ4n) is 1.59. The van der Waals surface area contributed by atoms with E-state index in [1.807, 2.05) is 24.3 Å². The monoisotopic (exact) mass is 262 g/mol. The first-order valence-electron chi connectivity index (χ1n) is 5.50. The Kier molecular flexibility index (Phi) is 3.72. The molecule has 2 rings (SSSR count). The Balaban J connectivity index is 2.28. The third kappa shape index (κ3) is 2.56. The molecule has 1 heterocycles. The van der Waals surface area contributed by atoms with E-state index >= 15 is 0 Å². The van der Waals surface area contributed by atoms with Crippen LogP contribution in [0.3, 0.4) is 0 Å². The minimum absolute atomic E-state index is 0.113. The van der Waals surface area contributed by atoms with Crippen LogP contribution in [0.4, 0.5) is 0 Å². The van der Waals surface area contributed by atoms with Crippen molar-refractivity contribution in [2.24, 2.45) is 0 Å². The van der Waals surface area contributed by atoms with Crippen molar-refractivity contribution in [3.8, 4) is 5.75 Å². The fourth-order valence-corrected chi connectivity index (χ4v) is 1.74. The van der Waals surface area contributed by atoms with E-state index in [4.69, 9.17) is 4.74 Å². The van der Waals surface area contributed by atoms with Gasteiger partial charge in [-0.25, -0.2) is 4.68 Å². The molecule has 1 aromatic heterocycles. The van der Waals surface area contributed by atoms with Crippen LogP contribution in [0.1, 0.15) is 11.1 Å². The second-order valence-corrected chi connectivity index (χ2v) is 4.45. The molecule has 0 bridgehead atoms. The fraction of sp³-hybridized carbons (Fsp3) is 0.231. The molecule has 94 valence electrons. The van der Waals surface area contributed by atoms with Gasteiger partial charge in [-0.2, -0.15) is 5.10 Å². The minimum Gasteiger partial charge on any atom is -0.497 e. The van der Waals surface area contributed by atoms with Gasteiger partial charge in [0.05, 0.1) is 19.9 Å². The maximum absolute atomic E-state index is 11.9. The van der Waals surface area contributed by atoms with Crippen LogP contribution in [0.5, 0.6) is 5.75 Å². The number of ether oxygens (including phenoxy) is 1. The molecule has 0 saturated heterocycles. The second-order valence-electron chi connectivity index (χ2n) is 3.97. The van der Waals surface area contributed by atoms with Crippen LogP contribution in [-0.4, -0.2) is 16.9 Å². The molecule has 0 radical (unpaired) electrons. The molecule has 0 amide bonds. The number of nitrogens with zero attached hydrogens (tertiary/aromatic N) is 2. The third-order valence-electron chi connectivity index (χ3n) is 2.75. The lowest BCUT2D eigenvalue weighted by Crippen LogP contribution is -2.25. The molecule has 0 N–H and O–H groups in total. The molecule has 1 aromatic carbocycles. The van der Waals surface area contributed by atoms with E-state index in [1.54, 1.807) is 20.2 Å². The van der Waals surface area contributed by atoms with Gasteiger partial charge in [-0.05, 0) is 24.6 Å². The quantitative estimate of drug-likeness (QED) is 0.859. The van der Waals surface area contributed by atoms with Gasteiger partial charge >= 0.3 is 0 Å². The molecular formula is C13H14N2O2S. The first kappa shape index (κ1) is 12.7. The summed E-state index contributed by atoms with van der Waals surface area (Å²) in [6.45, 7) is 2.19. The molecular weight excluding hydrogens is 248 g/mol. The van der Waals surface area contributed by atoms with Crippen molar-refractivity contribution in [2.45, 2.75) is 18.4 Å². The number of hydrogen-bond donors (Lipinski definition) is 1. The summed E-state index contributed by atoms with van der Waals surface area (Å²) < 4.78 is 6.51. The molecule has 0 atom stereocenters. The smallest absolute Gasteiger partial charge is 0.271 e. The van der Waals surface area contributed by atoms with Crippen LogP contribution in [0, 0.1) is 6.92 Å². The highest BCUT2D eigenvalue weighted by molar-refractivity contribution is 7.80. The minimum atomic E-state index is -0.113. The maximum Gasteiger partial charge on any atom is 0.271 e. The molecule has 4 nitrogen and oxygen atoms in total. The Labute approximate surface area is 111 Å². The first-order chi connectivity index (χ1) is 8.61. The highest BCUT2D eigenvalue weighted by Crippen LogP contribution is 2.12. The van der Waals surface area contributed by atoms with Gasteiger partial charge in [-0.15, -0.1) is 12.6 Å². The third-order valence-corrected chi connectivity index (χ3v) is 3.20. The number of methoxy groups -OCH3 is 1. The Hall–Kier alpha value is -1.75. The van der Waals surface area contributed by atoms with Crippen molar-refractivity contribution in [2.75, 3.05) is 7.11 Å². The highest BCUT2D eigenvalue weighted by Gasteiger charge is 2.05. The van der Waals surface area contributed by atoms with Crippen molar-refractivity contribution in [1.29, 1.82) is 0 Å². The van der Waals surface area contributed by atoms with Gasteiger partial charge in [0, 0.05) is 10.5 Å². The second kappa shape index (κ2) is 5.27. The summed E-state index contributed by atoms with van der Waals surface area (Å²) in [5.41, 5.74) is 1.50. The lowest BCUT2D eigenvalue weighted by molar-refractivity contribution is 0.414. The Morgan fingerprint density at radius 2 is 2.00 bits per heavy atom. The van der Waals surface area contributed by atoms with E-state index < -0.39 is 0 Å². The molecule has 0 aliphatic rings. The standard InChI is InChI=1S/C13H14N2O2S/c1-9-12(18)7-14-15(13(9)16)8-10-3-5-11(17-2)6-4-10/h3-7,18H,8H2,1-2H3. The topological polar surface area (TPSA) is 44.1 Å². The Morgan fingerprint density at radius 3 is 2.61 bits per heavy atom. The summed E-state index contributed by atoms with van der Waals surface area (Å²) in [5.74, 6) is 0.793. The normalized spacial score (nSPS) is 10.4. The van der Waals surface area contributed by atoms with Gasteiger partial charge in [0.2, 0.25) is 0 Å². The molecule has 0 fully saturated rings. The molecule has 0 spiro atoms. The molecule has 0 aliphatic heterocycles. The van der Waals surface area contributed by atoms with E-state index in [-0.39, 0.29) is 5.56 Å². The molecule has 2 aromatic rings. The summed E-state index contributed by atoms with van der Waals surface area (Å²) >= 11 is 4.17. The average molecular weight is 262 g/mol. The zero-order valence-corrected chi connectivity index (χ0v) is 11.1. The highest BCUT2D eigenvalue weighted by atomic mass is 32.1. The van der Waals surface area contributed by atoms with Gasteiger partial charge in [-0.1, -0.05) is 12.1 Å². The lowest BCUT2D eigenvalue weighted by atomic mass is 10.2. The number of benzene rings is 1. The van der Waals surface area contributed by atoms with Gasteiger partial charge < -0.3 is 4.74 Å². The zero-order valence-electron chi connectivity index (χ0n) is 10.3. The first-order valence-corrected chi connectivity index (χ1v) is 5.95. The number of rotatable bonds is 3. The van der Waals surface area contributed by atoms with Gasteiger partial charge in [0.15, 0.2) is 0 Å². The predicted molar refractivity (Wildman–Crippen MR) is 72.6 cm³/mol. The molecule has 0 unspecified atom stereocenters. The van der Waals surface area contributed by atoms with Gasteiger partial charge in [-0.3, -0.25) is 4.79 Å². The van der Waals surface area contributed by atoms with Crippen molar-refractivity contribution >= 4 is 12.6 Å².